The zero-order valence-electron chi connectivity index (χ0n) is 19.8. The number of hydrogen-bond acceptors (Lipinski definition) is 4. The van der Waals surface area contributed by atoms with Crippen molar-refractivity contribution < 1.29 is 88.9 Å². The van der Waals surface area contributed by atoms with Crippen LogP contribution < -0.4 is 0 Å². The lowest BCUT2D eigenvalue weighted by Gasteiger charge is -2.41. The van der Waals surface area contributed by atoms with Crippen LogP contribution in [0.3, 0.4) is 0 Å². The van der Waals surface area contributed by atoms with Crippen molar-refractivity contribution in [1.82, 2.24) is 4.90 Å². The van der Waals surface area contributed by atoms with Gasteiger partial charge in [0.2, 0.25) is 0 Å². The van der Waals surface area contributed by atoms with E-state index in [1.165, 1.54) is 4.90 Å². The Morgan fingerprint density at radius 1 is 0.700 bits per heavy atom. The molecule has 0 aromatic heterocycles. The van der Waals surface area contributed by atoms with Gasteiger partial charge in [0.15, 0.2) is 0 Å². The van der Waals surface area contributed by atoms with Crippen LogP contribution in [0.1, 0.15) is 26.2 Å². The standard InChI is InChI=1S/C19H20F17NO3/c1-10(38)40-11(7-37-2-4-39-5-3-37)6-12(20,21)8-13(22,23)16(28,29)18(32,33)17(30,31)14(24,25)9-15(26,27)19(34,35)36/h11H,2-9H2,1H3. The SMILES string of the molecule is CC(=O)OC(CN1CCOCC1)CC(F)(F)CC(F)(F)C(F)(F)C(F)(F)C(F)(F)C(F)(F)CC(F)(F)C(F)(F)F. The molecule has 0 spiro atoms. The molecule has 40 heavy (non-hydrogen) atoms. The minimum Gasteiger partial charge on any atom is -0.461 e. The number of halogens is 17. The number of ether oxygens (including phenoxy) is 2. The lowest BCUT2D eigenvalue weighted by Crippen LogP contribution is -2.68. The summed E-state index contributed by atoms with van der Waals surface area (Å²) in [6.45, 7) is 0.0697. The van der Waals surface area contributed by atoms with Crippen molar-refractivity contribution >= 4 is 5.97 Å². The number of rotatable bonds is 13. The summed E-state index contributed by atoms with van der Waals surface area (Å²) in [6, 6.07) is 0. The van der Waals surface area contributed by atoms with Crippen molar-refractivity contribution in [2.45, 2.75) is 79.9 Å². The molecule has 238 valence electrons. The van der Waals surface area contributed by atoms with Crippen LogP contribution >= 0.6 is 0 Å². The van der Waals surface area contributed by atoms with E-state index in [0.717, 1.165) is 0 Å². The van der Waals surface area contributed by atoms with Gasteiger partial charge in [-0.2, -0.15) is 65.9 Å². The first-order valence-electron chi connectivity index (χ1n) is 10.7. The van der Waals surface area contributed by atoms with Crippen molar-refractivity contribution in [3.05, 3.63) is 0 Å². The van der Waals surface area contributed by atoms with Crippen LogP contribution in [-0.4, -0.2) is 97.5 Å². The molecule has 1 aliphatic rings. The predicted octanol–water partition coefficient (Wildman–Crippen LogP) is 6.43. The molecule has 1 rings (SSSR count). The number of carbonyl (C=O) groups excluding carboxylic acids is 1. The normalized spacial score (nSPS) is 18.6. The summed E-state index contributed by atoms with van der Waals surface area (Å²) >= 11 is 0. The summed E-state index contributed by atoms with van der Waals surface area (Å²) in [6.07, 6.45) is -19.6. The fourth-order valence-corrected chi connectivity index (χ4v) is 3.44. The number of hydrogen-bond donors (Lipinski definition) is 0. The van der Waals surface area contributed by atoms with E-state index >= 15 is 0 Å². The zero-order valence-corrected chi connectivity index (χ0v) is 19.8. The van der Waals surface area contributed by atoms with Crippen LogP contribution in [0.2, 0.25) is 0 Å². The third-order valence-electron chi connectivity index (χ3n) is 5.47. The molecule has 0 aliphatic carbocycles. The number of alkyl halides is 17. The molecule has 0 bridgehead atoms. The van der Waals surface area contributed by atoms with Gasteiger partial charge in [-0.1, -0.05) is 0 Å². The highest BCUT2D eigenvalue weighted by molar-refractivity contribution is 5.66. The highest BCUT2D eigenvalue weighted by Crippen LogP contribution is 2.60. The molecule has 1 atom stereocenters. The summed E-state index contributed by atoms with van der Waals surface area (Å²) in [4.78, 5) is 12.4. The highest BCUT2D eigenvalue weighted by Gasteiger charge is 2.87. The maximum absolute atomic E-state index is 14.3. The molecule has 4 nitrogen and oxygen atoms in total. The smallest absolute Gasteiger partial charge is 0.453 e. The molecule has 1 aliphatic heterocycles. The van der Waals surface area contributed by atoms with Gasteiger partial charge < -0.3 is 9.47 Å². The Morgan fingerprint density at radius 2 is 1.12 bits per heavy atom. The average molecular weight is 633 g/mol. The van der Waals surface area contributed by atoms with Gasteiger partial charge in [0.1, 0.15) is 6.10 Å². The van der Waals surface area contributed by atoms with Crippen molar-refractivity contribution in [2.75, 3.05) is 32.8 Å². The van der Waals surface area contributed by atoms with E-state index in [1.807, 2.05) is 0 Å². The minimum atomic E-state index is -8.16. The molecule has 1 unspecified atom stereocenters. The van der Waals surface area contributed by atoms with Gasteiger partial charge in [0.05, 0.1) is 26.1 Å². The molecule has 1 saturated heterocycles. The van der Waals surface area contributed by atoms with E-state index in [-0.39, 0.29) is 26.3 Å². The molecular weight excluding hydrogens is 613 g/mol. The molecule has 0 N–H and O–H groups in total. The van der Waals surface area contributed by atoms with E-state index < -0.39 is 85.5 Å². The van der Waals surface area contributed by atoms with Gasteiger partial charge in [-0.15, -0.1) is 0 Å². The van der Waals surface area contributed by atoms with Gasteiger partial charge in [0, 0.05) is 33.0 Å². The third kappa shape index (κ3) is 7.72. The quantitative estimate of drug-likeness (QED) is 0.173. The van der Waals surface area contributed by atoms with Gasteiger partial charge in [-0.25, -0.2) is 8.78 Å². The van der Waals surface area contributed by atoms with Crippen molar-refractivity contribution in [3.8, 4) is 0 Å². The van der Waals surface area contributed by atoms with Crippen LogP contribution in [0.4, 0.5) is 74.6 Å². The second kappa shape index (κ2) is 11.5. The maximum atomic E-state index is 14.3. The Bertz CT molecular complexity index is 869. The summed E-state index contributed by atoms with van der Waals surface area (Å²) < 4.78 is 238. The van der Waals surface area contributed by atoms with Crippen molar-refractivity contribution in [2.24, 2.45) is 0 Å². The van der Waals surface area contributed by atoms with Gasteiger partial charge in [-0.3, -0.25) is 9.69 Å². The average Bonchev–Trinajstić information content (AvgIpc) is 2.70. The number of nitrogens with zero attached hydrogens (tertiary/aromatic N) is 1. The second-order valence-electron chi connectivity index (χ2n) is 8.89. The minimum absolute atomic E-state index is 0.0144. The molecule has 0 aromatic carbocycles. The largest absolute Gasteiger partial charge is 0.461 e. The van der Waals surface area contributed by atoms with Crippen LogP contribution in [0.5, 0.6) is 0 Å². The molecule has 21 heteroatoms. The number of morpholine rings is 1. The summed E-state index contributed by atoms with van der Waals surface area (Å²) in [7, 11) is 0. The number of esters is 1. The van der Waals surface area contributed by atoms with Crippen molar-refractivity contribution in [3.63, 3.8) is 0 Å². The topological polar surface area (TPSA) is 38.8 Å². The lowest BCUT2D eigenvalue weighted by molar-refractivity contribution is -0.414. The summed E-state index contributed by atoms with van der Waals surface area (Å²) in [5.41, 5.74) is 0. The van der Waals surface area contributed by atoms with E-state index in [4.69, 9.17) is 4.74 Å². The lowest BCUT2D eigenvalue weighted by atomic mass is 9.88. The predicted molar refractivity (Wildman–Crippen MR) is 97.3 cm³/mol. The fraction of sp³-hybridized carbons (Fsp3) is 0.947. The van der Waals surface area contributed by atoms with Gasteiger partial charge in [-0.05, 0) is 0 Å². The highest BCUT2D eigenvalue weighted by atomic mass is 19.4. The molecule has 0 saturated carbocycles. The Balaban J connectivity index is 3.26. The van der Waals surface area contributed by atoms with Gasteiger partial charge in [0.25, 0.3) is 5.92 Å². The first kappa shape index (κ1) is 36.2. The van der Waals surface area contributed by atoms with E-state index in [2.05, 4.69) is 4.74 Å². The molecular formula is C19H20F17NO3. The van der Waals surface area contributed by atoms with E-state index in [1.54, 1.807) is 0 Å². The Hall–Kier alpha value is -1.80. The summed E-state index contributed by atoms with van der Waals surface area (Å²) in [5.74, 6) is -52.0. The van der Waals surface area contributed by atoms with Crippen LogP contribution in [0.25, 0.3) is 0 Å². The van der Waals surface area contributed by atoms with Crippen LogP contribution in [-0.2, 0) is 14.3 Å². The Morgan fingerprint density at radius 3 is 1.52 bits per heavy atom. The fourth-order valence-electron chi connectivity index (χ4n) is 3.44. The second-order valence-corrected chi connectivity index (χ2v) is 8.89. The molecule has 1 fully saturated rings. The monoisotopic (exact) mass is 633 g/mol. The number of carbonyl (C=O) groups is 1. The molecule has 0 amide bonds. The van der Waals surface area contributed by atoms with E-state index in [0.29, 0.717) is 6.92 Å². The summed E-state index contributed by atoms with van der Waals surface area (Å²) in [5, 5.41) is 0. The molecule has 0 aromatic rings. The van der Waals surface area contributed by atoms with E-state index in [9.17, 15) is 79.4 Å². The maximum Gasteiger partial charge on any atom is 0.453 e. The Kier molecular flexibility index (Phi) is 10.4. The zero-order chi connectivity index (χ0) is 31.8. The third-order valence-corrected chi connectivity index (χ3v) is 5.47. The van der Waals surface area contributed by atoms with Crippen LogP contribution in [0.15, 0.2) is 0 Å². The van der Waals surface area contributed by atoms with Gasteiger partial charge >= 0.3 is 47.7 Å². The van der Waals surface area contributed by atoms with Crippen molar-refractivity contribution in [1.29, 1.82) is 0 Å². The molecule has 1 heterocycles. The first-order valence-corrected chi connectivity index (χ1v) is 10.7. The first-order chi connectivity index (χ1) is 17.5. The van der Waals surface area contributed by atoms with Crippen LogP contribution in [0, 0.1) is 0 Å². The molecule has 0 radical (unpaired) electrons. The Labute approximate surface area is 213 Å².